The molecular formula is C14H14N4O. The summed E-state index contributed by atoms with van der Waals surface area (Å²) in [6, 6.07) is 12.5. The van der Waals surface area contributed by atoms with Gasteiger partial charge in [0.1, 0.15) is 0 Å². The number of hydrogen-bond donors (Lipinski definition) is 2. The predicted molar refractivity (Wildman–Crippen MR) is 75.0 cm³/mol. The highest BCUT2D eigenvalue weighted by molar-refractivity contribution is 5.99. The van der Waals surface area contributed by atoms with Gasteiger partial charge < -0.3 is 5.32 Å². The molecule has 0 bridgehead atoms. The van der Waals surface area contributed by atoms with Crippen LogP contribution in [0, 0.1) is 0 Å². The van der Waals surface area contributed by atoms with Crippen molar-refractivity contribution in [3.63, 3.8) is 0 Å². The number of urea groups is 1. The average molecular weight is 254 g/mol. The van der Waals surface area contributed by atoms with Crippen LogP contribution in [-0.4, -0.2) is 16.7 Å². The Hall–Kier alpha value is -2.69. The van der Waals surface area contributed by atoms with Gasteiger partial charge in [0.05, 0.1) is 5.71 Å². The summed E-state index contributed by atoms with van der Waals surface area (Å²) in [6.45, 7) is 1.81. The largest absolute Gasteiger partial charge is 0.339 e. The molecule has 0 fully saturated rings. The molecule has 19 heavy (non-hydrogen) atoms. The van der Waals surface area contributed by atoms with Crippen molar-refractivity contribution in [3.8, 4) is 0 Å². The highest BCUT2D eigenvalue weighted by Gasteiger charge is 2.00. The van der Waals surface area contributed by atoms with E-state index >= 15 is 0 Å². The highest BCUT2D eigenvalue weighted by atomic mass is 16.2. The number of amides is 2. The summed E-state index contributed by atoms with van der Waals surface area (Å²) in [5.74, 6) is 0. The summed E-state index contributed by atoms with van der Waals surface area (Å²) < 4.78 is 0. The maximum atomic E-state index is 11.6. The van der Waals surface area contributed by atoms with Crippen LogP contribution in [0.2, 0.25) is 0 Å². The Morgan fingerprint density at radius 1 is 1.16 bits per heavy atom. The summed E-state index contributed by atoms with van der Waals surface area (Å²) in [6.07, 6.45) is 3.38. The zero-order valence-electron chi connectivity index (χ0n) is 10.5. The first-order valence-electron chi connectivity index (χ1n) is 5.82. The number of nitrogens with zero attached hydrogens (tertiary/aromatic N) is 2. The van der Waals surface area contributed by atoms with E-state index in [2.05, 4.69) is 20.8 Å². The number of hydrazone groups is 1. The topological polar surface area (TPSA) is 66.4 Å². The lowest BCUT2D eigenvalue weighted by molar-refractivity contribution is 0.252. The molecule has 0 unspecified atom stereocenters. The van der Waals surface area contributed by atoms with Crippen LogP contribution < -0.4 is 10.7 Å². The van der Waals surface area contributed by atoms with Gasteiger partial charge in [0.2, 0.25) is 0 Å². The third kappa shape index (κ3) is 3.92. The van der Waals surface area contributed by atoms with Gasteiger partial charge in [-0.25, -0.2) is 10.2 Å². The van der Waals surface area contributed by atoms with Crippen molar-refractivity contribution in [2.24, 2.45) is 5.10 Å². The molecule has 2 N–H and O–H groups in total. The van der Waals surface area contributed by atoms with Gasteiger partial charge in [0.25, 0.3) is 0 Å². The van der Waals surface area contributed by atoms with Crippen molar-refractivity contribution >= 4 is 17.4 Å². The minimum Gasteiger partial charge on any atom is -0.307 e. The van der Waals surface area contributed by atoms with Crippen molar-refractivity contribution in [1.29, 1.82) is 0 Å². The number of benzene rings is 1. The first-order valence-corrected chi connectivity index (χ1v) is 5.82. The molecule has 5 nitrogen and oxygen atoms in total. The second-order valence-electron chi connectivity index (χ2n) is 3.87. The standard InChI is InChI=1S/C14H14N4O/c1-11(12-6-5-9-15-10-12)17-18-14(19)16-13-7-3-2-4-8-13/h2-10H,1H3,(H2,16,18,19)/b17-11-. The summed E-state index contributed by atoms with van der Waals surface area (Å²) in [7, 11) is 0. The SMILES string of the molecule is C/C(=N/NC(=O)Nc1ccccc1)c1cccnc1. The Morgan fingerprint density at radius 3 is 2.63 bits per heavy atom. The molecule has 1 aromatic heterocycles. The molecule has 2 amide bonds. The van der Waals surface area contributed by atoms with Crippen molar-refractivity contribution in [1.82, 2.24) is 10.4 Å². The molecule has 0 aliphatic rings. The van der Waals surface area contributed by atoms with Crippen LogP contribution in [0.25, 0.3) is 0 Å². The first-order chi connectivity index (χ1) is 9.25. The van der Waals surface area contributed by atoms with Crippen molar-refractivity contribution in [2.45, 2.75) is 6.92 Å². The van der Waals surface area contributed by atoms with Gasteiger partial charge in [-0.1, -0.05) is 24.3 Å². The number of para-hydroxylation sites is 1. The van der Waals surface area contributed by atoms with Gasteiger partial charge >= 0.3 is 6.03 Å². The van der Waals surface area contributed by atoms with E-state index < -0.39 is 0 Å². The highest BCUT2D eigenvalue weighted by Crippen LogP contribution is 2.04. The van der Waals surface area contributed by atoms with E-state index in [1.807, 2.05) is 30.3 Å². The first kappa shape index (κ1) is 12.8. The van der Waals surface area contributed by atoms with E-state index in [-0.39, 0.29) is 6.03 Å². The van der Waals surface area contributed by atoms with Crippen LogP contribution in [-0.2, 0) is 0 Å². The van der Waals surface area contributed by atoms with Crippen LogP contribution in [0.1, 0.15) is 12.5 Å². The van der Waals surface area contributed by atoms with E-state index in [1.165, 1.54) is 0 Å². The number of nitrogens with one attached hydrogen (secondary N) is 2. The van der Waals surface area contributed by atoms with E-state index in [4.69, 9.17) is 0 Å². The van der Waals surface area contributed by atoms with Crippen molar-refractivity contribution < 1.29 is 4.79 Å². The minimum absolute atomic E-state index is 0.380. The maximum absolute atomic E-state index is 11.6. The molecular weight excluding hydrogens is 240 g/mol. The molecule has 0 aliphatic carbocycles. The third-order valence-electron chi connectivity index (χ3n) is 2.44. The summed E-state index contributed by atoms with van der Waals surface area (Å²) >= 11 is 0. The van der Waals surface area contributed by atoms with Crippen LogP contribution in [0.5, 0.6) is 0 Å². The van der Waals surface area contributed by atoms with E-state index in [9.17, 15) is 4.79 Å². The Bertz CT molecular complexity index is 567. The Kier molecular flexibility index (Phi) is 4.23. The predicted octanol–water partition coefficient (Wildman–Crippen LogP) is 2.63. The second-order valence-corrected chi connectivity index (χ2v) is 3.87. The van der Waals surface area contributed by atoms with E-state index in [1.54, 1.807) is 31.5 Å². The Morgan fingerprint density at radius 2 is 1.95 bits per heavy atom. The normalized spacial score (nSPS) is 10.9. The molecule has 96 valence electrons. The molecule has 5 heteroatoms. The molecule has 2 aromatic rings. The molecule has 0 aliphatic heterocycles. The van der Waals surface area contributed by atoms with Gasteiger partial charge in [-0.15, -0.1) is 0 Å². The zero-order chi connectivity index (χ0) is 13.5. The fraction of sp³-hybridized carbons (Fsp3) is 0.0714. The number of aromatic nitrogens is 1. The minimum atomic E-state index is -0.380. The smallest absolute Gasteiger partial charge is 0.307 e. The van der Waals surface area contributed by atoms with Crippen LogP contribution in [0.15, 0.2) is 60.0 Å². The number of carbonyl (C=O) groups is 1. The lowest BCUT2D eigenvalue weighted by Gasteiger charge is -2.04. The van der Waals surface area contributed by atoms with Crippen molar-refractivity contribution in [3.05, 3.63) is 60.4 Å². The molecule has 2 rings (SSSR count). The second kappa shape index (κ2) is 6.30. The number of pyridine rings is 1. The fourth-order valence-corrected chi connectivity index (χ4v) is 1.46. The molecule has 0 saturated heterocycles. The van der Waals surface area contributed by atoms with E-state index in [0.29, 0.717) is 11.4 Å². The third-order valence-corrected chi connectivity index (χ3v) is 2.44. The zero-order valence-corrected chi connectivity index (χ0v) is 10.5. The molecule has 1 heterocycles. The Balaban J connectivity index is 1.93. The molecule has 1 aromatic carbocycles. The summed E-state index contributed by atoms with van der Waals surface area (Å²) in [4.78, 5) is 15.6. The lowest BCUT2D eigenvalue weighted by atomic mass is 10.2. The molecule has 0 radical (unpaired) electrons. The number of rotatable bonds is 3. The molecule has 0 saturated carbocycles. The quantitative estimate of drug-likeness (QED) is 0.653. The summed E-state index contributed by atoms with van der Waals surface area (Å²) in [5, 5.41) is 6.68. The lowest BCUT2D eigenvalue weighted by Crippen LogP contribution is -2.25. The van der Waals surface area contributed by atoms with Gasteiger partial charge in [-0.05, 0) is 25.1 Å². The van der Waals surface area contributed by atoms with Crippen molar-refractivity contribution in [2.75, 3.05) is 5.32 Å². The van der Waals surface area contributed by atoms with Crippen LogP contribution >= 0.6 is 0 Å². The number of anilines is 1. The average Bonchev–Trinajstić information content (AvgIpc) is 2.47. The van der Waals surface area contributed by atoms with Gasteiger partial charge in [0, 0.05) is 23.6 Å². The maximum Gasteiger partial charge on any atom is 0.339 e. The van der Waals surface area contributed by atoms with Gasteiger partial charge in [0.15, 0.2) is 0 Å². The van der Waals surface area contributed by atoms with Crippen LogP contribution in [0.4, 0.5) is 10.5 Å². The monoisotopic (exact) mass is 254 g/mol. The number of hydrogen-bond acceptors (Lipinski definition) is 3. The summed E-state index contributed by atoms with van der Waals surface area (Å²) in [5.41, 5.74) is 4.71. The Labute approximate surface area is 111 Å². The van der Waals surface area contributed by atoms with Crippen LogP contribution in [0.3, 0.4) is 0 Å². The van der Waals surface area contributed by atoms with Gasteiger partial charge in [-0.3, -0.25) is 4.98 Å². The van der Waals surface area contributed by atoms with Gasteiger partial charge in [-0.2, -0.15) is 5.10 Å². The fourth-order valence-electron chi connectivity index (χ4n) is 1.46. The van der Waals surface area contributed by atoms with E-state index in [0.717, 1.165) is 5.56 Å². The number of carbonyl (C=O) groups excluding carboxylic acids is 1. The molecule has 0 spiro atoms. The molecule has 0 atom stereocenters.